The van der Waals surface area contributed by atoms with Gasteiger partial charge in [-0.05, 0) is 25.3 Å². The van der Waals surface area contributed by atoms with Crippen LogP contribution in [0.5, 0.6) is 0 Å². The number of nitrogens with zero attached hydrogens (tertiary/aromatic N) is 2. The Morgan fingerprint density at radius 3 is 3.20 bits per heavy atom. The summed E-state index contributed by atoms with van der Waals surface area (Å²) in [7, 11) is 0. The van der Waals surface area contributed by atoms with E-state index in [1.165, 1.54) is 12.5 Å². The first-order valence-electron chi connectivity index (χ1n) is 5.15. The zero-order chi connectivity index (χ0) is 10.7. The molecule has 1 atom stereocenters. The van der Waals surface area contributed by atoms with Crippen molar-refractivity contribution in [3.63, 3.8) is 0 Å². The summed E-state index contributed by atoms with van der Waals surface area (Å²) in [6.45, 7) is 4.37. The molecule has 1 saturated heterocycles. The van der Waals surface area contributed by atoms with Crippen LogP contribution in [0.25, 0.3) is 0 Å². The molecule has 0 radical (unpaired) electrons. The van der Waals surface area contributed by atoms with Gasteiger partial charge in [0, 0.05) is 18.1 Å². The molecular formula is C11H14N2OS. The number of carbonyl (C=O) groups is 1. The lowest BCUT2D eigenvalue weighted by atomic mass is 10.0. The zero-order valence-electron chi connectivity index (χ0n) is 8.56. The highest BCUT2D eigenvalue weighted by Gasteiger charge is 2.27. The van der Waals surface area contributed by atoms with Crippen LogP contribution in [0.15, 0.2) is 24.2 Å². The molecule has 2 heterocycles. The van der Waals surface area contributed by atoms with Gasteiger partial charge in [0.1, 0.15) is 5.01 Å². The average Bonchev–Trinajstić information content (AvgIpc) is 2.81. The van der Waals surface area contributed by atoms with E-state index in [4.69, 9.17) is 0 Å². The molecule has 0 spiro atoms. The molecule has 0 aromatic carbocycles. The first-order valence-corrected chi connectivity index (χ1v) is 6.03. The van der Waals surface area contributed by atoms with Gasteiger partial charge in [-0.3, -0.25) is 4.79 Å². The van der Waals surface area contributed by atoms with Gasteiger partial charge in [0.2, 0.25) is 5.91 Å². The summed E-state index contributed by atoms with van der Waals surface area (Å²) in [5, 5.41) is 3.01. The second kappa shape index (κ2) is 4.57. The van der Waals surface area contributed by atoms with Crippen molar-refractivity contribution in [2.75, 3.05) is 6.54 Å². The molecule has 2 rings (SSSR count). The van der Waals surface area contributed by atoms with E-state index in [2.05, 4.69) is 11.6 Å². The third-order valence-corrected chi connectivity index (χ3v) is 3.57. The molecule has 1 unspecified atom stereocenters. The van der Waals surface area contributed by atoms with Crippen molar-refractivity contribution >= 4 is 17.2 Å². The molecule has 0 N–H and O–H groups in total. The Morgan fingerprint density at radius 1 is 1.67 bits per heavy atom. The molecule has 1 aliphatic heterocycles. The lowest BCUT2D eigenvalue weighted by Crippen LogP contribution is -2.37. The number of amides is 1. The molecule has 4 heteroatoms. The van der Waals surface area contributed by atoms with Gasteiger partial charge < -0.3 is 4.90 Å². The van der Waals surface area contributed by atoms with E-state index < -0.39 is 0 Å². The highest BCUT2D eigenvalue weighted by Crippen LogP contribution is 2.31. The highest BCUT2D eigenvalue weighted by molar-refractivity contribution is 7.09. The van der Waals surface area contributed by atoms with Gasteiger partial charge in [-0.2, -0.15) is 0 Å². The molecule has 1 fully saturated rings. The zero-order valence-corrected chi connectivity index (χ0v) is 9.37. The summed E-state index contributed by atoms with van der Waals surface area (Å²) in [6, 6.07) is 0.171. The van der Waals surface area contributed by atoms with Crippen LogP contribution < -0.4 is 0 Å². The summed E-state index contributed by atoms with van der Waals surface area (Å²) in [4.78, 5) is 17.8. The van der Waals surface area contributed by atoms with Crippen LogP contribution in [0.4, 0.5) is 0 Å². The molecule has 1 amide bonds. The summed E-state index contributed by atoms with van der Waals surface area (Å²) in [6.07, 6.45) is 6.47. The number of hydrogen-bond acceptors (Lipinski definition) is 3. The molecule has 1 aromatic rings. The molecule has 0 bridgehead atoms. The van der Waals surface area contributed by atoms with E-state index in [0.717, 1.165) is 24.4 Å². The average molecular weight is 222 g/mol. The first-order chi connectivity index (χ1) is 7.33. The standard InChI is InChI=1S/C11H14N2OS/c1-2-10(14)13-7-4-3-5-9(13)11-12-6-8-15-11/h2,6,8-9H,1,3-5,7H2. The van der Waals surface area contributed by atoms with E-state index in [-0.39, 0.29) is 11.9 Å². The van der Waals surface area contributed by atoms with Crippen LogP contribution in [0.3, 0.4) is 0 Å². The summed E-state index contributed by atoms with van der Waals surface area (Å²) in [5.41, 5.74) is 0. The van der Waals surface area contributed by atoms with Gasteiger partial charge in [0.05, 0.1) is 6.04 Å². The Kier molecular flexibility index (Phi) is 3.16. The molecule has 1 aromatic heterocycles. The van der Waals surface area contributed by atoms with Crippen molar-refractivity contribution in [3.05, 3.63) is 29.2 Å². The van der Waals surface area contributed by atoms with E-state index >= 15 is 0 Å². The Labute approximate surface area is 93.4 Å². The molecule has 80 valence electrons. The largest absolute Gasteiger partial charge is 0.330 e. The fourth-order valence-corrected chi connectivity index (χ4v) is 2.75. The minimum Gasteiger partial charge on any atom is -0.330 e. The van der Waals surface area contributed by atoms with Gasteiger partial charge in [-0.25, -0.2) is 4.98 Å². The fourth-order valence-electron chi connectivity index (χ4n) is 1.97. The van der Waals surface area contributed by atoms with Crippen LogP contribution >= 0.6 is 11.3 Å². The van der Waals surface area contributed by atoms with Crippen molar-refractivity contribution in [1.29, 1.82) is 0 Å². The molecule has 15 heavy (non-hydrogen) atoms. The first kappa shape index (κ1) is 10.4. The van der Waals surface area contributed by atoms with Crippen LogP contribution in [-0.2, 0) is 4.79 Å². The quantitative estimate of drug-likeness (QED) is 0.720. The lowest BCUT2D eigenvalue weighted by Gasteiger charge is -2.33. The van der Waals surface area contributed by atoms with E-state index in [9.17, 15) is 4.79 Å². The van der Waals surface area contributed by atoms with E-state index in [1.54, 1.807) is 17.5 Å². The molecular weight excluding hydrogens is 208 g/mol. The summed E-state index contributed by atoms with van der Waals surface area (Å²) < 4.78 is 0. The number of thiazole rings is 1. The van der Waals surface area contributed by atoms with E-state index in [1.807, 2.05) is 10.3 Å². The van der Waals surface area contributed by atoms with Crippen LogP contribution in [0.2, 0.25) is 0 Å². The molecule has 1 aliphatic rings. The Balaban J connectivity index is 2.20. The maximum absolute atomic E-state index is 11.7. The number of piperidine rings is 1. The molecule has 0 aliphatic carbocycles. The fraction of sp³-hybridized carbons (Fsp3) is 0.455. The van der Waals surface area contributed by atoms with E-state index in [0.29, 0.717) is 0 Å². The van der Waals surface area contributed by atoms with Crippen LogP contribution in [0, 0.1) is 0 Å². The lowest BCUT2D eigenvalue weighted by molar-refractivity contribution is -0.129. The minimum absolute atomic E-state index is 0.0231. The van der Waals surface area contributed by atoms with Crippen LogP contribution in [0.1, 0.15) is 30.3 Å². The Hall–Kier alpha value is -1.16. The van der Waals surface area contributed by atoms with Crippen LogP contribution in [-0.4, -0.2) is 22.3 Å². The normalized spacial score (nSPS) is 21.3. The van der Waals surface area contributed by atoms with Crippen molar-refractivity contribution in [1.82, 2.24) is 9.88 Å². The maximum Gasteiger partial charge on any atom is 0.246 e. The Bertz CT molecular complexity index is 347. The molecule has 3 nitrogen and oxygen atoms in total. The van der Waals surface area contributed by atoms with Gasteiger partial charge in [0.15, 0.2) is 0 Å². The van der Waals surface area contributed by atoms with Gasteiger partial charge in [-0.15, -0.1) is 11.3 Å². The number of hydrogen-bond donors (Lipinski definition) is 0. The van der Waals surface area contributed by atoms with Gasteiger partial charge >= 0.3 is 0 Å². The monoisotopic (exact) mass is 222 g/mol. The third kappa shape index (κ3) is 2.09. The number of aromatic nitrogens is 1. The van der Waals surface area contributed by atoms with Crippen molar-refractivity contribution in [3.8, 4) is 0 Å². The number of likely N-dealkylation sites (tertiary alicyclic amines) is 1. The Morgan fingerprint density at radius 2 is 2.53 bits per heavy atom. The second-order valence-electron chi connectivity index (χ2n) is 3.62. The van der Waals surface area contributed by atoms with Gasteiger partial charge in [0.25, 0.3) is 0 Å². The van der Waals surface area contributed by atoms with Crippen molar-refractivity contribution in [2.24, 2.45) is 0 Å². The summed E-state index contributed by atoms with van der Waals surface area (Å²) in [5.74, 6) is 0.0231. The topological polar surface area (TPSA) is 33.2 Å². The summed E-state index contributed by atoms with van der Waals surface area (Å²) >= 11 is 1.62. The van der Waals surface area contributed by atoms with Crippen molar-refractivity contribution < 1.29 is 4.79 Å². The second-order valence-corrected chi connectivity index (χ2v) is 4.54. The number of carbonyl (C=O) groups excluding carboxylic acids is 1. The molecule has 0 saturated carbocycles. The maximum atomic E-state index is 11.7. The predicted octanol–water partition coefficient (Wildman–Crippen LogP) is 2.38. The van der Waals surface area contributed by atoms with Crippen molar-refractivity contribution in [2.45, 2.75) is 25.3 Å². The third-order valence-electron chi connectivity index (χ3n) is 2.70. The smallest absolute Gasteiger partial charge is 0.246 e. The van der Waals surface area contributed by atoms with Gasteiger partial charge in [-0.1, -0.05) is 6.58 Å². The minimum atomic E-state index is 0.0231. The predicted molar refractivity (Wildman–Crippen MR) is 60.6 cm³/mol. The number of rotatable bonds is 2. The highest BCUT2D eigenvalue weighted by atomic mass is 32.1. The SMILES string of the molecule is C=CC(=O)N1CCCCC1c1nccs1.